The lowest BCUT2D eigenvalue weighted by molar-refractivity contribution is -0.0935. The lowest BCUT2D eigenvalue weighted by Crippen LogP contribution is -2.44. The molecule has 0 aliphatic carbocycles. The molecule has 2 N–H and O–H groups in total. The second-order valence-electron chi connectivity index (χ2n) is 6.86. The van der Waals surface area contributed by atoms with Gasteiger partial charge in [0.25, 0.3) is 0 Å². The largest absolute Gasteiger partial charge is 0.389 e. The summed E-state index contributed by atoms with van der Waals surface area (Å²) in [5.41, 5.74) is 2.18. The van der Waals surface area contributed by atoms with E-state index < -0.39 is 18.3 Å². The van der Waals surface area contributed by atoms with Gasteiger partial charge in [-0.2, -0.15) is 0 Å². The summed E-state index contributed by atoms with van der Waals surface area (Å²) in [5.74, 6) is 0. The molecule has 2 aromatic rings. The Morgan fingerprint density at radius 2 is 1.44 bits per heavy atom. The fourth-order valence-electron chi connectivity index (χ4n) is 2.72. The predicted octanol–water partition coefficient (Wildman–Crippen LogP) is 2.46. The van der Waals surface area contributed by atoms with Gasteiger partial charge >= 0.3 is 0 Å². The fourth-order valence-corrected chi connectivity index (χ4v) is 2.72. The van der Waals surface area contributed by atoms with E-state index in [-0.39, 0.29) is 0 Å². The van der Waals surface area contributed by atoms with Crippen LogP contribution in [0.5, 0.6) is 0 Å². The Morgan fingerprint density at radius 3 is 2.04 bits per heavy atom. The van der Waals surface area contributed by atoms with Crippen LogP contribution in [0.25, 0.3) is 0 Å². The Balaban J connectivity index is 1.62. The molecule has 148 valence electrons. The Kier molecular flexibility index (Phi) is 9.45. The quantitative estimate of drug-likeness (QED) is 0.560. The molecule has 0 saturated carbocycles. The van der Waals surface area contributed by atoms with Crippen LogP contribution in [0, 0.1) is 0 Å². The van der Waals surface area contributed by atoms with Crippen molar-refractivity contribution in [3.8, 4) is 0 Å². The second kappa shape index (κ2) is 11.8. The molecule has 2 rings (SSSR count). The van der Waals surface area contributed by atoms with Gasteiger partial charge in [0.15, 0.2) is 0 Å². The maximum absolute atomic E-state index is 10.3. The van der Waals surface area contributed by atoms with Crippen molar-refractivity contribution in [2.75, 3.05) is 26.7 Å². The number of likely N-dealkylation sites (N-methyl/N-ethyl adjacent to an activating group) is 1. The summed E-state index contributed by atoms with van der Waals surface area (Å²) in [6.07, 6.45) is -2.28. The fraction of sp³-hybridized carbons (Fsp3) is 0.455. The van der Waals surface area contributed by atoms with E-state index in [1.54, 1.807) is 6.92 Å². The minimum Gasteiger partial charge on any atom is -0.389 e. The maximum atomic E-state index is 10.3. The van der Waals surface area contributed by atoms with Crippen molar-refractivity contribution in [3.63, 3.8) is 0 Å². The molecule has 0 heterocycles. The second-order valence-corrected chi connectivity index (χ2v) is 6.86. The van der Waals surface area contributed by atoms with Crippen molar-refractivity contribution >= 4 is 0 Å². The summed E-state index contributed by atoms with van der Waals surface area (Å²) < 4.78 is 11.3. The molecule has 0 aliphatic heterocycles. The van der Waals surface area contributed by atoms with Crippen molar-refractivity contribution < 1.29 is 19.7 Å². The first-order chi connectivity index (χ1) is 13.1. The Bertz CT molecular complexity index is 623. The first kappa shape index (κ1) is 21.5. The lowest BCUT2D eigenvalue weighted by atomic mass is 10.1. The highest BCUT2D eigenvalue weighted by Crippen LogP contribution is 2.09. The van der Waals surface area contributed by atoms with E-state index in [1.165, 1.54) is 0 Å². The molecule has 0 amide bonds. The predicted molar refractivity (Wildman–Crippen MR) is 106 cm³/mol. The molecule has 2 aromatic carbocycles. The molecular formula is C22H31NO4. The number of hydrogen-bond acceptors (Lipinski definition) is 5. The third-order valence-electron chi connectivity index (χ3n) is 4.46. The van der Waals surface area contributed by atoms with Crippen LogP contribution >= 0.6 is 0 Å². The van der Waals surface area contributed by atoms with E-state index in [0.717, 1.165) is 11.1 Å². The molecule has 5 heteroatoms. The first-order valence-corrected chi connectivity index (χ1v) is 9.38. The zero-order chi connectivity index (χ0) is 19.5. The van der Waals surface area contributed by atoms with Crippen LogP contribution in [0.2, 0.25) is 0 Å². The summed E-state index contributed by atoms with van der Waals surface area (Å²) >= 11 is 0. The van der Waals surface area contributed by atoms with Gasteiger partial charge in [0.05, 0.1) is 32.0 Å². The molecular weight excluding hydrogens is 342 g/mol. The van der Waals surface area contributed by atoms with Crippen LogP contribution in [0.15, 0.2) is 60.7 Å². The molecule has 0 aliphatic rings. The minimum absolute atomic E-state index is 0.356. The number of aliphatic hydroxyl groups is 2. The van der Waals surface area contributed by atoms with Crippen LogP contribution in [0.3, 0.4) is 0 Å². The van der Waals surface area contributed by atoms with Crippen LogP contribution < -0.4 is 0 Å². The highest BCUT2D eigenvalue weighted by Gasteiger charge is 2.24. The summed E-state index contributed by atoms with van der Waals surface area (Å²) in [4.78, 5) is 1.95. The van der Waals surface area contributed by atoms with E-state index in [2.05, 4.69) is 0 Å². The van der Waals surface area contributed by atoms with Crippen molar-refractivity contribution in [2.45, 2.75) is 38.4 Å². The van der Waals surface area contributed by atoms with Gasteiger partial charge in [-0.1, -0.05) is 60.7 Å². The molecule has 0 spiro atoms. The Morgan fingerprint density at radius 1 is 0.889 bits per heavy atom. The molecule has 0 radical (unpaired) electrons. The SMILES string of the molecule is CC(OCc1ccccc1)C(O)C(O)CN(C)CCOCc1ccccc1. The van der Waals surface area contributed by atoms with E-state index in [4.69, 9.17) is 9.47 Å². The summed E-state index contributed by atoms with van der Waals surface area (Å²) in [5, 5.41) is 20.6. The van der Waals surface area contributed by atoms with Crippen molar-refractivity contribution in [1.29, 1.82) is 0 Å². The number of nitrogens with zero attached hydrogens (tertiary/aromatic N) is 1. The Labute approximate surface area is 162 Å². The molecule has 0 saturated heterocycles. The highest BCUT2D eigenvalue weighted by atomic mass is 16.5. The zero-order valence-corrected chi connectivity index (χ0v) is 16.2. The van der Waals surface area contributed by atoms with Gasteiger partial charge < -0.3 is 24.6 Å². The lowest BCUT2D eigenvalue weighted by Gasteiger charge is -2.27. The van der Waals surface area contributed by atoms with Gasteiger partial charge in [0.2, 0.25) is 0 Å². The van der Waals surface area contributed by atoms with Crippen LogP contribution in [-0.2, 0) is 22.7 Å². The normalized spacial score (nSPS) is 14.9. The average Bonchev–Trinajstić information content (AvgIpc) is 2.70. The first-order valence-electron chi connectivity index (χ1n) is 9.38. The standard InChI is InChI=1S/C22H31NO4/c1-18(27-17-20-11-7-4-8-12-20)22(25)21(24)15-23(2)13-14-26-16-19-9-5-3-6-10-19/h3-12,18,21-22,24-25H,13-17H2,1-2H3. The number of aliphatic hydroxyl groups excluding tert-OH is 2. The third-order valence-corrected chi connectivity index (χ3v) is 4.46. The van der Waals surface area contributed by atoms with Crippen molar-refractivity contribution in [3.05, 3.63) is 71.8 Å². The molecule has 3 atom stereocenters. The van der Waals surface area contributed by atoms with Crippen molar-refractivity contribution in [1.82, 2.24) is 4.90 Å². The Hall–Kier alpha value is -1.76. The van der Waals surface area contributed by atoms with Gasteiger partial charge in [0, 0.05) is 13.1 Å². The average molecular weight is 373 g/mol. The van der Waals surface area contributed by atoms with E-state index in [1.807, 2.05) is 72.6 Å². The molecule has 5 nitrogen and oxygen atoms in total. The number of benzene rings is 2. The minimum atomic E-state index is -0.943. The number of ether oxygens (including phenoxy) is 2. The smallest absolute Gasteiger partial charge is 0.107 e. The van der Waals surface area contributed by atoms with Gasteiger partial charge in [-0.3, -0.25) is 0 Å². The molecule has 0 aromatic heterocycles. The zero-order valence-electron chi connectivity index (χ0n) is 16.2. The monoisotopic (exact) mass is 373 g/mol. The van der Waals surface area contributed by atoms with Gasteiger partial charge in [-0.15, -0.1) is 0 Å². The van der Waals surface area contributed by atoms with Crippen LogP contribution in [-0.4, -0.2) is 60.2 Å². The van der Waals surface area contributed by atoms with Crippen LogP contribution in [0.1, 0.15) is 18.1 Å². The van der Waals surface area contributed by atoms with Gasteiger partial charge in [0.1, 0.15) is 6.10 Å². The van der Waals surface area contributed by atoms with Crippen LogP contribution in [0.4, 0.5) is 0 Å². The molecule has 3 unspecified atom stereocenters. The molecule has 0 fully saturated rings. The van der Waals surface area contributed by atoms with Gasteiger partial charge in [-0.05, 0) is 25.1 Å². The van der Waals surface area contributed by atoms with E-state index in [9.17, 15) is 10.2 Å². The number of rotatable bonds is 12. The number of hydrogen-bond donors (Lipinski definition) is 2. The maximum Gasteiger partial charge on any atom is 0.107 e. The highest BCUT2D eigenvalue weighted by molar-refractivity contribution is 5.14. The summed E-state index contributed by atoms with van der Waals surface area (Å²) in [6, 6.07) is 19.8. The van der Waals surface area contributed by atoms with E-state index in [0.29, 0.717) is 32.9 Å². The molecule has 27 heavy (non-hydrogen) atoms. The summed E-state index contributed by atoms with van der Waals surface area (Å²) in [6.45, 7) is 4.36. The molecule has 0 bridgehead atoms. The third kappa shape index (κ3) is 8.20. The summed E-state index contributed by atoms with van der Waals surface area (Å²) in [7, 11) is 1.90. The van der Waals surface area contributed by atoms with Gasteiger partial charge in [-0.25, -0.2) is 0 Å². The topological polar surface area (TPSA) is 62.2 Å². The van der Waals surface area contributed by atoms with E-state index >= 15 is 0 Å². The van der Waals surface area contributed by atoms with Crippen molar-refractivity contribution in [2.24, 2.45) is 0 Å².